The molecule has 2 N–H and O–H groups in total. The van der Waals surface area contributed by atoms with Crippen molar-refractivity contribution in [3.63, 3.8) is 0 Å². The van der Waals surface area contributed by atoms with E-state index in [0.717, 1.165) is 6.07 Å². The second-order valence-corrected chi connectivity index (χ2v) is 2.62. The van der Waals surface area contributed by atoms with Crippen LogP contribution in [0, 0.1) is 0 Å². The Bertz CT molecular complexity index is 281. The van der Waals surface area contributed by atoms with Crippen LogP contribution < -0.4 is 5.56 Å². The number of aromatic nitrogens is 1. The average Bonchev–Trinajstić information content (AvgIpc) is 1.85. The highest BCUT2D eigenvalue weighted by molar-refractivity contribution is 7.98. The van der Waals surface area contributed by atoms with Crippen molar-refractivity contribution in [2.75, 3.05) is 6.26 Å². The minimum absolute atomic E-state index is 0.00750. The first-order valence-corrected chi connectivity index (χ1v) is 3.92. The molecule has 0 bridgehead atoms. The van der Waals surface area contributed by atoms with Gasteiger partial charge in [-0.1, -0.05) is 0 Å². The van der Waals surface area contributed by atoms with Crippen molar-refractivity contribution in [2.24, 2.45) is 0 Å². The first kappa shape index (κ1) is 7.21. The van der Waals surface area contributed by atoms with Gasteiger partial charge in [0.15, 0.2) is 0 Å². The van der Waals surface area contributed by atoms with Gasteiger partial charge in [-0.05, 0) is 6.26 Å². The molecular formula is C6H7NO2S. The summed E-state index contributed by atoms with van der Waals surface area (Å²) < 4.78 is 0. The molecule has 10 heavy (non-hydrogen) atoms. The van der Waals surface area contributed by atoms with Crippen LogP contribution in [0.2, 0.25) is 0 Å². The molecule has 54 valence electrons. The van der Waals surface area contributed by atoms with Gasteiger partial charge in [-0.3, -0.25) is 4.79 Å². The Morgan fingerprint density at radius 3 is 2.80 bits per heavy atom. The summed E-state index contributed by atoms with van der Waals surface area (Å²) in [7, 11) is 0. The average molecular weight is 157 g/mol. The lowest BCUT2D eigenvalue weighted by Crippen LogP contribution is -2.02. The summed E-state index contributed by atoms with van der Waals surface area (Å²) in [5, 5.41) is 9.56. The minimum Gasteiger partial charge on any atom is -0.508 e. The van der Waals surface area contributed by atoms with E-state index in [1.165, 1.54) is 17.8 Å². The van der Waals surface area contributed by atoms with Gasteiger partial charge in [-0.2, -0.15) is 0 Å². The van der Waals surface area contributed by atoms with Gasteiger partial charge in [-0.25, -0.2) is 0 Å². The highest BCUT2D eigenvalue weighted by Gasteiger charge is 1.93. The zero-order valence-corrected chi connectivity index (χ0v) is 6.23. The molecule has 1 rings (SSSR count). The fraction of sp³-hybridized carbons (Fsp3) is 0.167. The molecule has 3 nitrogen and oxygen atoms in total. The zero-order chi connectivity index (χ0) is 7.56. The van der Waals surface area contributed by atoms with Crippen LogP contribution in [-0.2, 0) is 0 Å². The maximum atomic E-state index is 10.6. The van der Waals surface area contributed by atoms with Crippen LogP contribution >= 0.6 is 11.8 Å². The van der Waals surface area contributed by atoms with E-state index in [9.17, 15) is 4.79 Å². The Labute approximate surface area is 62.1 Å². The fourth-order valence-electron chi connectivity index (χ4n) is 0.614. The summed E-state index contributed by atoms with van der Waals surface area (Å²) in [5.74, 6) is 0.00750. The third-order valence-corrected chi connectivity index (χ3v) is 1.68. The van der Waals surface area contributed by atoms with Crippen LogP contribution in [0.3, 0.4) is 0 Å². The highest BCUT2D eigenvalue weighted by atomic mass is 32.2. The van der Waals surface area contributed by atoms with E-state index in [1.54, 1.807) is 0 Å². The number of nitrogens with one attached hydrogen (secondary N) is 1. The topological polar surface area (TPSA) is 53.1 Å². The molecule has 0 saturated heterocycles. The number of rotatable bonds is 1. The lowest BCUT2D eigenvalue weighted by atomic mass is 10.5. The number of pyridine rings is 1. The van der Waals surface area contributed by atoms with Crippen LogP contribution in [0.1, 0.15) is 0 Å². The minimum atomic E-state index is -0.274. The first-order chi connectivity index (χ1) is 4.72. The van der Waals surface area contributed by atoms with E-state index >= 15 is 0 Å². The number of hydrogen-bond donors (Lipinski definition) is 2. The molecule has 0 unspecified atom stereocenters. The molecular weight excluding hydrogens is 150 g/mol. The maximum Gasteiger partial charge on any atom is 0.252 e. The van der Waals surface area contributed by atoms with Crippen molar-refractivity contribution in [2.45, 2.75) is 5.03 Å². The molecule has 1 aromatic heterocycles. The maximum absolute atomic E-state index is 10.6. The summed E-state index contributed by atoms with van der Waals surface area (Å²) in [6.07, 6.45) is 1.82. The molecule has 0 aliphatic rings. The van der Waals surface area contributed by atoms with Gasteiger partial charge in [-0.15, -0.1) is 11.8 Å². The predicted molar refractivity (Wildman–Crippen MR) is 40.5 cm³/mol. The molecule has 0 spiro atoms. The van der Waals surface area contributed by atoms with Crippen LogP contribution in [0.5, 0.6) is 5.75 Å². The van der Waals surface area contributed by atoms with Crippen molar-refractivity contribution >= 4 is 11.8 Å². The van der Waals surface area contributed by atoms with E-state index in [-0.39, 0.29) is 11.3 Å². The van der Waals surface area contributed by atoms with Crippen molar-refractivity contribution in [3.8, 4) is 5.75 Å². The largest absolute Gasteiger partial charge is 0.508 e. The second kappa shape index (κ2) is 2.79. The number of aromatic hydroxyl groups is 1. The van der Waals surface area contributed by atoms with Crippen LogP contribution in [0.4, 0.5) is 0 Å². The third-order valence-electron chi connectivity index (χ3n) is 1.02. The van der Waals surface area contributed by atoms with Gasteiger partial charge in [0.1, 0.15) is 5.75 Å². The van der Waals surface area contributed by atoms with Crippen molar-refractivity contribution in [1.82, 2.24) is 4.98 Å². The van der Waals surface area contributed by atoms with Crippen LogP contribution in [0.25, 0.3) is 0 Å². The molecule has 1 heterocycles. The number of aromatic amines is 1. The SMILES string of the molecule is CSc1cc(O)cc(=O)[nH]1. The summed E-state index contributed by atoms with van der Waals surface area (Å²) in [4.78, 5) is 13.2. The summed E-state index contributed by atoms with van der Waals surface area (Å²) in [5.41, 5.74) is -0.274. The Balaban J connectivity index is 3.19. The third kappa shape index (κ3) is 1.54. The van der Waals surface area contributed by atoms with E-state index < -0.39 is 0 Å². The van der Waals surface area contributed by atoms with Gasteiger partial charge in [0.2, 0.25) is 0 Å². The number of hydrogen-bond acceptors (Lipinski definition) is 3. The molecule has 4 heteroatoms. The molecule has 0 amide bonds. The molecule has 1 aromatic rings. The van der Waals surface area contributed by atoms with E-state index in [2.05, 4.69) is 4.98 Å². The lowest BCUT2D eigenvalue weighted by molar-refractivity contribution is 0.471. The van der Waals surface area contributed by atoms with Gasteiger partial charge in [0.25, 0.3) is 5.56 Å². The van der Waals surface area contributed by atoms with Crippen LogP contribution in [-0.4, -0.2) is 16.3 Å². The van der Waals surface area contributed by atoms with Gasteiger partial charge in [0.05, 0.1) is 5.03 Å². The number of H-pyrrole nitrogens is 1. The Morgan fingerprint density at radius 1 is 1.60 bits per heavy atom. The van der Waals surface area contributed by atoms with Crippen LogP contribution in [0.15, 0.2) is 22.0 Å². The Hall–Kier alpha value is -0.900. The molecule has 0 aliphatic heterocycles. The standard InChI is InChI=1S/C6H7NO2S/c1-10-6-3-4(8)2-5(9)7-6/h2-3H,1H3,(H2,7,8,9). The Kier molecular flexibility index (Phi) is 2.01. The molecule has 0 fully saturated rings. The zero-order valence-electron chi connectivity index (χ0n) is 5.42. The van der Waals surface area contributed by atoms with E-state index in [4.69, 9.17) is 5.11 Å². The second-order valence-electron chi connectivity index (χ2n) is 1.77. The normalized spacial score (nSPS) is 9.70. The fourth-order valence-corrected chi connectivity index (χ4v) is 1.06. The predicted octanol–water partition coefficient (Wildman–Crippen LogP) is 0.802. The summed E-state index contributed by atoms with van der Waals surface area (Å²) >= 11 is 1.38. The quantitative estimate of drug-likeness (QED) is 0.593. The summed E-state index contributed by atoms with van der Waals surface area (Å²) in [6, 6.07) is 2.64. The molecule has 0 aromatic carbocycles. The van der Waals surface area contributed by atoms with Crippen molar-refractivity contribution in [3.05, 3.63) is 22.5 Å². The molecule has 0 aliphatic carbocycles. The highest BCUT2D eigenvalue weighted by Crippen LogP contribution is 2.13. The molecule has 0 atom stereocenters. The molecule has 0 saturated carbocycles. The van der Waals surface area contributed by atoms with Gasteiger partial charge < -0.3 is 10.1 Å². The first-order valence-electron chi connectivity index (χ1n) is 2.69. The Morgan fingerprint density at radius 2 is 2.30 bits per heavy atom. The van der Waals surface area contributed by atoms with Crippen molar-refractivity contribution in [1.29, 1.82) is 0 Å². The smallest absolute Gasteiger partial charge is 0.252 e. The number of thioether (sulfide) groups is 1. The van der Waals surface area contributed by atoms with Gasteiger partial charge in [0, 0.05) is 12.1 Å². The van der Waals surface area contributed by atoms with Gasteiger partial charge >= 0.3 is 0 Å². The monoisotopic (exact) mass is 157 g/mol. The van der Waals surface area contributed by atoms with E-state index in [0.29, 0.717) is 5.03 Å². The molecule has 0 radical (unpaired) electrons. The van der Waals surface area contributed by atoms with E-state index in [1.807, 2.05) is 6.26 Å². The van der Waals surface area contributed by atoms with Crippen molar-refractivity contribution < 1.29 is 5.11 Å². The lowest BCUT2D eigenvalue weighted by Gasteiger charge is -1.94. The summed E-state index contributed by atoms with van der Waals surface area (Å²) in [6.45, 7) is 0.